The van der Waals surface area contributed by atoms with E-state index in [4.69, 9.17) is 0 Å². The Hall–Kier alpha value is -3.64. The topological polar surface area (TPSA) is 0 Å². The fraction of sp³-hybridized carbons (Fsp3) is 0.222. The van der Waals surface area contributed by atoms with Crippen LogP contribution in [0.25, 0.3) is 10.8 Å². The summed E-state index contributed by atoms with van der Waals surface area (Å²) in [6.45, 7) is 12.7. The van der Waals surface area contributed by atoms with Crippen molar-refractivity contribution in [2.24, 2.45) is 0 Å². The standard InChI is InChI=1S/C15H16.C12H12.C8H10.CH4/c1-12-3-7-14(8-4-12)11-15-9-5-13(2)6-10-15;1-9-5-3-8-12-10(2)6-4-7-11(9)12;1-7-3-5-8(2)6-4-7;/h3-10H,11H2,1-2H3;3-8H,1-2H3;3-6H,1-2H3;1H4. The normalized spacial score (nSPS) is 9.83. The van der Waals surface area contributed by atoms with Gasteiger partial charge in [-0.15, -0.1) is 0 Å². The van der Waals surface area contributed by atoms with E-state index in [2.05, 4.69) is 151 Å². The largest absolute Gasteiger partial charge is 0.0776 e. The summed E-state index contributed by atoms with van der Waals surface area (Å²) in [5, 5.41) is 2.75. The molecule has 0 spiro atoms. The molecule has 5 aromatic carbocycles. The highest BCUT2D eigenvalue weighted by atomic mass is 14.0. The van der Waals surface area contributed by atoms with Crippen molar-refractivity contribution in [1.29, 1.82) is 0 Å². The minimum atomic E-state index is 0. The molecule has 0 saturated carbocycles. The summed E-state index contributed by atoms with van der Waals surface area (Å²) in [7, 11) is 0. The molecule has 5 aromatic rings. The van der Waals surface area contributed by atoms with Gasteiger partial charge in [0.05, 0.1) is 0 Å². The van der Waals surface area contributed by atoms with E-state index in [9.17, 15) is 0 Å². The molecule has 0 atom stereocenters. The maximum absolute atomic E-state index is 2.20. The van der Waals surface area contributed by atoms with Crippen LogP contribution >= 0.6 is 0 Å². The van der Waals surface area contributed by atoms with Crippen molar-refractivity contribution in [2.45, 2.75) is 55.4 Å². The molecule has 0 aromatic heterocycles. The van der Waals surface area contributed by atoms with Gasteiger partial charge in [0.25, 0.3) is 0 Å². The van der Waals surface area contributed by atoms with Gasteiger partial charge in [0.2, 0.25) is 0 Å². The molecule has 0 nitrogen and oxygen atoms in total. The lowest BCUT2D eigenvalue weighted by molar-refractivity contribution is 1.18. The lowest BCUT2D eigenvalue weighted by atomic mass is 10.0. The lowest BCUT2D eigenvalue weighted by Crippen LogP contribution is -1.88. The minimum absolute atomic E-state index is 0. The number of hydrogen-bond acceptors (Lipinski definition) is 0. The molecule has 0 fully saturated rings. The van der Waals surface area contributed by atoms with Gasteiger partial charge in [-0.2, -0.15) is 0 Å². The minimum Gasteiger partial charge on any atom is -0.0776 e. The molecule has 0 heterocycles. The molecule has 186 valence electrons. The van der Waals surface area contributed by atoms with Gasteiger partial charge >= 0.3 is 0 Å². The summed E-state index contributed by atoms with van der Waals surface area (Å²) in [5.74, 6) is 0. The zero-order valence-electron chi connectivity index (χ0n) is 22.1. The summed E-state index contributed by atoms with van der Waals surface area (Å²) in [4.78, 5) is 0. The Kier molecular flexibility index (Phi) is 11.2. The van der Waals surface area contributed by atoms with Crippen LogP contribution in [0.3, 0.4) is 0 Å². The number of aryl methyl sites for hydroxylation is 6. The monoisotopic (exact) mass is 474 g/mol. The Morgan fingerprint density at radius 1 is 0.361 bits per heavy atom. The van der Waals surface area contributed by atoms with Crippen molar-refractivity contribution in [1.82, 2.24) is 0 Å². The molecule has 0 bridgehead atoms. The predicted octanol–water partition coefficient (Wildman–Crippen LogP) is 10.3. The van der Waals surface area contributed by atoms with Gasteiger partial charge in [-0.05, 0) is 81.0 Å². The van der Waals surface area contributed by atoms with E-state index in [0.29, 0.717) is 0 Å². The smallest absolute Gasteiger partial charge is 0.00258 e. The Labute approximate surface area is 219 Å². The van der Waals surface area contributed by atoms with E-state index in [1.807, 2.05) is 0 Å². The first-order valence-corrected chi connectivity index (χ1v) is 12.4. The Bertz CT molecular complexity index is 1220. The second kappa shape index (κ2) is 14.0. The molecular formula is C36H42. The van der Waals surface area contributed by atoms with E-state index in [0.717, 1.165) is 6.42 Å². The van der Waals surface area contributed by atoms with E-state index >= 15 is 0 Å². The second-order valence-corrected chi connectivity index (χ2v) is 9.55. The van der Waals surface area contributed by atoms with Gasteiger partial charge in [0.15, 0.2) is 0 Å². The maximum atomic E-state index is 2.20. The first-order valence-electron chi connectivity index (χ1n) is 12.4. The van der Waals surface area contributed by atoms with Crippen LogP contribution in [0.1, 0.15) is 51.9 Å². The Morgan fingerprint density at radius 2 is 0.639 bits per heavy atom. The third kappa shape index (κ3) is 8.86. The summed E-state index contributed by atoms with van der Waals surface area (Å²) >= 11 is 0. The van der Waals surface area contributed by atoms with E-state index < -0.39 is 0 Å². The van der Waals surface area contributed by atoms with E-state index in [1.54, 1.807) is 0 Å². The van der Waals surface area contributed by atoms with Gasteiger partial charge in [-0.1, -0.05) is 139 Å². The SMILES string of the molecule is C.Cc1ccc(C)cc1.Cc1ccc(Cc2ccc(C)cc2)cc1.Cc1cccc2c(C)cccc12. The van der Waals surface area contributed by atoms with Gasteiger partial charge < -0.3 is 0 Å². The fourth-order valence-electron chi connectivity index (χ4n) is 3.91. The fourth-order valence-corrected chi connectivity index (χ4v) is 3.91. The van der Waals surface area contributed by atoms with E-state index in [-0.39, 0.29) is 7.43 Å². The van der Waals surface area contributed by atoms with Crippen LogP contribution in [0.15, 0.2) is 109 Å². The van der Waals surface area contributed by atoms with Crippen LogP contribution in [-0.4, -0.2) is 0 Å². The molecule has 36 heavy (non-hydrogen) atoms. The van der Waals surface area contributed by atoms with Crippen molar-refractivity contribution >= 4 is 10.8 Å². The predicted molar refractivity (Wildman–Crippen MR) is 161 cm³/mol. The summed E-state index contributed by atoms with van der Waals surface area (Å²) in [5.41, 5.74) is 10.8. The molecule has 0 radical (unpaired) electrons. The highest BCUT2D eigenvalue weighted by molar-refractivity contribution is 5.88. The van der Waals surface area contributed by atoms with Crippen molar-refractivity contribution in [3.05, 3.63) is 154 Å². The molecule has 0 aliphatic carbocycles. The highest BCUT2D eigenvalue weighted by Crippen LogP contribution is 2.20. The number of rotatable bonds is 2. The first kappa shape index (κ1) is 28.6. The Morgan fingerprint density at radius 3 is 0.944 bits per heavy atom. The van der Waals surface area contributed by atoms with Crippen LogP contribution in [-0.2, 0) is 6.42 Å². The average molecular weight is 475 g/mol. The number of hydrogen-bond donors (Lipinski definition) is 0. The van der Waals surface area contributed by atoms with Gasteiger partial charge in [0.1, 0.15) is 0 Å². The Balaban J connectivity index is 0.000000196. The molecule has 0 amide bonds. The van der Waals surface area contributed by atoms with Crippen molar-refractivity contribution in [3.8, 4) is 0 Å². The van der Waals surface area contributed by atoms with E-state index in [1.165, 1.54) is 55.3 Å². The molecule has 0 saturated heterocycles. The molecule has 5 rings (SSSR count). The second-order valence-electron chi connectivity index (χ2n) is 9.55. The lowest BCUT2D eigenvalue weighted by Gasteiger charge is -2.03. The van der Waals surface area contributed by atoms with Crippen molar-refractivity contribution < 1.29 is 0 Å². The quantitative estimate of drug-likeness (QED) is 0.239. The van der Waals surface area contributed by atoms with Gasteiger partial charge in [0, 0.05) is 0 Å². The highest BCUT2D eigenvalue weighted by Gasteiger charge is 1.97. The zero-order valence-corrected chi connectivity index (χ0v) is 22.1. The molecular weight excluding hydrogens is 432 g/mol. The van der Waals surface area contributed by atoms with Crippen LogP contribution in [0.2, 0.25) is 0 Å². The number of fused-ring (bicyclic) bond motifs is 1. The van der Waals surface area contributed by atoms with Gasteiger partial charge in [-0.3, -0.25) is 0 Å². The number of benzene rings is 5. The van der Waals surface area contributed by atoms with Crippen LogP contribution in [0.5, 0.6) is 0 Å². The maximum Gasteiger partial charge on any atom is -0.00258 e. The summed E-state index contributed by atoms with van der Waals surface area (Å²) in [6.07, 6.45) is 1.03. The average Bonchev–Trinajstić information content (AvgIpc) is 2.86. The third-order valence-electron chi connectivity index (χ3n) is 6.23. The molecule has 0 aliphatic rings. The molecule has 0 heteroatoms. The molecule has 0 aliphatic heterocycles. The summed E-state index contributed by atoms with van der Waals surface area (Å²) < 4.78 is 0. The first-order chi connectivity index (χ1) is 16.8. The summed E-state index contributed by atoms with van der Waals surface area (Å²) in [6, 6.07) is 38.9. The van der Waals surface area contributed by atoms with Crippen molar-refractivity contribution in [3.63, 3.8) is 0 Å². The zero-order chi connectivity index (χ0) is 25.2. The van der Waals surface area contributed by atoms with Crippen LogP contribution in [0, 0.1) is 41.5 Å². The van der Waals surface area contributed by atoms with Crippen LogP contribution in [0.4, 0.5) is 0 Å². The molecule has 0 unspecified atom stereocenters. The van der Waals surface area contributed by atoms with Gasteiger partial charge in [-0.25, -0.2) is 0 Å². The molecule has 0 N–H and O–H groups in total. The van der Waals surface area contributed by atoms with Crippen molar-refractivity contribution in [2.75, 3.05) is 0 Å². The van der Waals surface area contributed by atoms with Crippen LogP contribution < -0.4 is 0 Å². The third-order valence-corrected chi connectivity index (χ3v) is 6.23.